The molecule has 0 atom stereocenters. The van der Waals surface area contributed by atoms with Gasteiger partial charge < -0.3 is 15.5 Å². The van der Waals surface area contributed by atoms with Crippen LogP contribution in [0.25, 0.3) is 0 Å². The van der Waals surface area contributed by atoms with E-state index in [0.717, 1.165) is 0 Å². The molecule has 0 aromatic heterocycles. The molecule has 1 rings (SSSR count). The van der Waals surface area contributed by atoms with E-state index in [2.05, 4.69) is 15.6 Å². The maximum atomic E-state index is 11.6. The highest BCUT2D eigenvalue weighted by atomic mass is 16.6. The lowest BCUT2D eigenvalue weighted by molar-refractivity contribution is -0.385. The molecular formula is C14H21N5O3. The Bertz CT molecular complexity index is 557. The number of amides is 1. The molecule has 0 saturated carbocycles. The summed E-state index contributed by atoms with van der Waals surface area (Å²) in [5.41, 5.74) is 0.551. The summed E-state index contributed by atoms with van der Waals surface area (Å²) in [5.74, 6) is 0.354. The summed E-state index contributed by atoms with van der Waals surface area (Å²) in [4.78, 5) is 27.8. The molecule has 1 aromatic carbocycles. The van der Waals surface area contributed by atoms with Crippen LogP contribution in [0.5, 0.6) is 0 Å². The Morgan fingerprint density at radius 1 is 1.32 bits per heavy atom. The van der Waals surface area contributed by atoms with Crippen LogP contribution in [0.3, 0.4) is 0 Å². The zero-order valence-electron chi connectivity index (χ0n) is 13.0. The van der Waals surface area contributed by atoms with Crippen LogP contribution in [0, 0.1) is 10.1 Å². The van der Waals surface area contributed by atoms with Crippen molar-refractivity contribution in [3.05, 3.63) is 39.9 Å². The first-order chi connectivity index (χ1) is 10.5. The largest absolute Gasteiger partial charge is 0.357 e. The molecule has 2 N–H and O–H groups in total. The van der Waals surface area contributed by atoms with Crippen LogP contribution in [0.1, 0.15) is 12.5 Å². The zero-order chi connectivity index (χ0) is 16.5. The molecule has 0 saturated heterocycles. The van der Waals surface area contributed by atoms with Crippen LogP contribution < -0.4 is 10.6 Å². The minimum absolute atomic E-state index is 0.0338. The standard InChI is InChI=1S/C14H21N5O3/c1-4-15-14(17-10-13(20)18(2)3)16-9-11-7-5-6-8-12(11)19(21)22/h5-8H,4,9-10H2,1-3H3,(H2,15,16,17). The summed E-state index contributed by atoms with van der Waals surface area (Å²) < 4.78 is 0. The van der Waals surface area contributed by atoms with Gasteiger partial charge in [-0.15, -0.1) is 0 Å². The molecule has 22 heavy (non-hydrogen) atoms. The van der Waals surface area contributed by atoms with E-state index < -0.39 is 4.92 Å². The van der Waals surface area contributed by atoms with Gasteiger partial charge in [-0.1, -0.05) is 18.2 Å². The average molecular weight is 307 g/mol. The van der Waals surface area contributed by atoms with Crippen LogP contribution >= 0.6 is 0 Å². The minimum atomic E-state index is -0.430. The van der Waals surface area contributed by atoms with Gasteiger partial charge in [0, 0.05) is 26.7 Å². The number of hydrogen-bond acceptors (Lipinski definition) is 4. The van der Waals surface area contributed by atoms with E-state index in [-0.39, 0.29) is 24.7 Å². The van der Waals surface area contributed by atoms with Gasteiger partial charge in [-0.2, -0.15) is 0 Å². The van der Waals surface area contributed by atoms with Crippen LogP contribution in [0.4, 0.5) is 5.69 Å². The number of benzene rings is 1. The van der Waals surface area contributed by atoms with Crippen molar-refractivity contribution >= 4 is 17.6 Å². The van der Waals surface area contributed by atoms with Crippen molar-refractivity contribution in [3.63, 3.8) is 0 Å². The molecule has 0 radical (unpaired) electrons. The second-order valence-corrected chi connectivity index (χ2v) is 4.72. The normalized spacial score (nSPS) is 11.0. The number of nitrogens with one attached hydrogen (secondary N) is 2. The summed E-state index contributed by atoms with van der Waals surface area (Å²) in [6, 6.07) is 6.45. The number of nitrogens with zero attached hydrogens (tertiary/aromatic N) is 3. The lowest BCUT2D eigenvalue weighted by Gasteiger charge is -2.14. The van der Waals surface area contributed by atoms with E-state index in [4.69, 9.17) is 0 Å². The molecule has 0 aliphatic heterocycles. The minimum Gasteiger partial charge on any atom is -0.357 e. The Morgan fingerprint density at radius 2 is 2.00 bits per heavy atom. The third-order valence-electron chi connectivity index (χ3n) is 2.85. The van der Waals surface area contributed by atoms with Gasteiger partial charge in [-0.3, -0.25) is 14.9 Å². The molecule has 1 amide bonds. The maximum absolute atomic E-state index is 11.6. The van der Waals surface area contributed by atoms with Crippen LogP contribution in [0.15, 0.2) is 29.3 Å². The number of rotatable bonds is 6. The zero-order valence-corrected chi connectivity index (χ0v) is 13.0. The Kier molecular flexibility index (Phi) is 6.81. The number of likely N-dealkylation sites (N-methyl/N-ethyl adjacent to an activating group) is 1. The van der Waals surface area contributed by atoms with Crippen molar-refractivity contribution in [2.24, 2.45) is 4.99 Å². The van der Waals surface area contributed by atoms with Gasteiger partial charge >= 0.3 is 0 Å². The molecule has 120 valence electrons. The highest BCUT2D eigenvalue weighted by molar-refractivity contribution is 5.86. The number of aliphatic imine (C=N–C) groups is 1. The molecule has 0 fully saturated rings. The lowest BCUT2D eigenvalue weighted by Crippen LogP contribution is -2.42. The van der Waals surface area contributed by atoms with E-state index in [1.165, 1.54) is 11.0 Å². The van der Waals surface area contributed by atoms with Crippen molar-refractivity contribution in [2.75, 3.05) is 27.2 Å². The topological polar surface area (TPSA) is 99.9 Å². The van der Waals surface area contributed by atoms with Gasteiger partial charge in [0.2, 0.25) is 5.91 Å². The first kappa shape index (κ1) is 17.4. The number of carbonyl (C=O) groups is 1. The van der Waals surface area contributed by atoms with Gasteiger partial charge in [0.05, 0.1) is 23.6 Å². The van der Waals surface area contributed by atoms with E-state index in [1.807, 2.05) is 6.92 Å². The second-order valence-electron chi connectivity index (χ2n) is 4.72. The van der Waals surface area contributed by atoms with Gasteiger partial charge in [0.15, 0.2) is 5.96 Å². The Hall–Kier alpha value is -2.64. The molecule has 0 aliphatic carbocycles. The second kappa shape index (κ2) is 8.60. The number of para-hydroxylation sites is 1. The average Bonchev–Trinajstić information content (AvgIpc) is 2.49. The first-order valence-electron chi connectivity index (χ1n) is 6.90. The Balaban J connectivity index is 2.78. The number of nitro groups is 1. The molecule has 0 spiro atoms. The maximum Gasteiger partial charge on any atom is 0.274 e. The number of nitro benzene ring substituents is 1. The number of guanidine groups is 1. The SMILES string of the molecule is CCNC(=NCc1ccccc1[N+](=O)[O-])NCC(=O)N(C)C. The molecular weight excluding hydrogens is 286 g/mol. The molecule has 8 nitrogen and oxygen atoms in total. The Morgan fingerprint density at radius 3 is 2.59 bits per heavy atom. The fourth-order valence-corrected chi connectivity index (χ4v) is 1.65. The summed E-state index contributed by atoms with van der Waals surface area (Å²) >= 11 is 0. The number of hydrogen-bond donors (Lipinski definition) is 2. The van der Waals surface area contributed by atoms with Gasteiger partial charge in [-0.25, -0.2) is 4.99 Å². The van der Waals surface area contributed by atoms with Crippen molar-refractivity contribution < 1.29 is 9.72 Å². The van der Waals surface area contributed by atoms with Crippen LogP contribution in [-0.4, -0.2) is 48.9 Å². The fraction of sp³-hybridized carbons (Fsp3) is 0.429. The summed E-state index contributed by atoms with van der Waals surface area (Å²) in [6.07, 6.45) is 0. The van der Waals surface area contributed by atoms with Crippen LogP contribution in [-0.2, 0) is 11.3 Å². The molecule has 0 heterocycles. The highest BCUT2D eigenvalue weighted by Gasteiger charge is 2.12. The smallest absolute Gasteiger partial charge is 0.274 e. The molecule has 8 heteroatoms. The van der Waals surface area contributed by atoms with Crippen LogP contribution in [0.2, 0.25) is 0 Å². The fourth-order valence-electron chi connectivity index (χ4n) is 1.65. The van der Waals surface area contributed by atoms with Gasteiger partial charge in [-0.05, 0) is 6.92 Å². The van der Waals surface area contributed by atoms with Gasteiger partial charge in [0.1, 0.15) is 0 Å². The predicted octanol–water partition coefficient (Wildman–Crippen LogP) is 0.738. The van der Waals surface area contributed by atoms with E-state index in [0.29, 0.717) is 18.1 Å². The summed E-state index contributed by atoms with van der Waals surface area (Å²) in [5, 5.41) is 16.9. The third-order valence-corrected chi connectivity index (χ3v) is 2.85. The lowest BCUT2D eigenvalue weighted by atomic mass is 10.2. The number of carbonyl (C=O) groups excluding carboxylic acids is 1. The molecule has 0 unspecified atom stereocenters. The van der Waals surface area contributed by atoms with E-state index in [1.54, 1.807) is 32.3 Å². The first-order valence-corrected chi connectivity index (χ1v) is 6.90. The predicted molar refractivity (Wildman–Crippen MR) is 84.6 cm³/mol. The highest BCUT2D eigenvalue weighted by Crippen LogP contribution is 2.18. The van der Waals surface area contributed by atoms with Crippen molar-refractivity contribution in [2.45, 2.75) is 13.5 Å². The van der Waals surface area contributed by atoms with Gasteiger partial charge in [0.25, 0.3) is 5.69 Å². The molecule has 0 bridgehead atoms. The van der Waals surface area contributed by atoms with E-state index >= 15 is 0 Å². The van der Waals surface area contributed by atoms with Crippen molar-refractivity contribution in [3.8, 4) is 0 Å². The monoisotopic (exact) mass is 307 g/mol. The molecule has 0 aliphatic rings. The van der Waals surface area contributed by atoms with Crippen molar-refractivity contribution in [1.29, 1.82) is 0 Å². The van der Waals surface area contributed by atoms with E-state index in [9.17, 15) is 14.9 Å². The summed E-state index contributed by atoms with van der Waals surface area (Å²) in [7, 11) is 3.34. The van der Waals surface area contributed by atoms with Crippen molar-refractivity contribution in [1.82, 2.24) is 15.5 Å². The quantitative estimate of drug-likeness (QED) is 0.349. The Labute approximate surface area is 129 Å². The third kappa shape index (κ3) is 5.39. The summed E-state index contributed by atoms with van der Waals surface area (Å²) in [6.45, 7) is 2.78. The molecule has 1 aromatic rings.